The van der Waals surface area contributed by atoms with Crippen molar-refractivity contribution < 1.29 is 69.0 Å². The Morgan fingerprint density at radius 1 is 0.465 bits per heavy atom. The Morgan fingerprint density at radius 2 is 0.859 bits per heavy atom. The first-order valence-corrected chi connectivity index (χ1v) is 25.8. The second-order valence-corrected chi connectivity index (χ2v) is 17.2. The second-order valence-electron chi connectivity index (χ2n) is 17.2. The summed E-state index contributed by atoms with van der Waals surface area (Å²) in [5, 5.41) is 72.1. The molecule has 0 amide bonds. The van der Waals surface area contributed by atoms with Gasteiger partial charge in [0.1, 0.15) is 54.9 Å². The van der Waals surface area contributed by atoms with Crippen LogP contribution < -0.4 is 0 Å². The average molecular weight is 997 g/mol. The summed E-state index contributed by atoms with van der Waals surface area (Å²) in [5.41, 5.74) is 0. The molecule has 11 unspecified atom stereocenters. The third-order valence-electron chi connectivity index (χ3n) is 11.2. The number of hydrogen-bond acceptors (Lipinski definition) is 14. The third kappa shape index (κ3) is 30.1. The van der Waals surface area contributed by atoms with Gasteiger partial charge in [-0.1, -0.05) is 148 Å². The molecule has 2 aliphatic heterocycles. The molecule has 0 spiro atoms. The molecule has 0 aliphatic carbocycles. The molecule has 0 aromatic heterocycles. The Hall–Kier alpha value is -3.87. The highest BCUT2D eigenvalue weighted by molar-refractivity contribution is 5.69. The smallest absolute Gasteiger partial charge is 0.306 e. The Bertz CT molecular complexity index is 1680. The SMILES string of the molecule is CC/C=C\C/C=C\C/C=C\C/C=C\C/C=C\C/C=C\CCCCC(=O)OC(COCC/C=C\C/C=C\C/C=C\C/C=C\C/C=C\CC)COC1OC(COC2OC(CO)C(O)C(O)C2O)C(O)C(O)C1O. The van der Waals surface area contributed by atoms with Gasteiger partial charge in [-0.3, -0.25) is 4.79 Å². The lowest BCUT2D eigenvalue weighted by Gasteiger charge is -2.42. The fourth-order valence-electron chi connectivity index (χ4n) is 7.06. The zero-order chi connectivity index (χ0) is 51.6. The van der Waals surface area contributed by atoms with E-state index in [9.17, 15) is 40.5 Å². The molecule has 2 aliphatic rings. The molecule has 2 saturated heterocycles. The summed E-state index contributed by atoms with van der Waals surface area (Å²) in [5.74, 6) is -0.450. The maximum Gasteiger partial charge on any atom is 0.306 e. The van der Waals surface area contributed by atoms with E-state index >= 15 is 0 Å². The molecule has 2 rings (SSSR count). The summed E-state index contributed by atoms with van der Waals surface area (Å²) >= 11 is 0. The Morgan fingerprint density at radius 3 is 1.31 bits per heavy atom. The monoisotopic (exact) mass is 997 g/mol. The lowest BCUT2D eigenvalue weighted by atomic mass is 9.98. The molecule has 71 heavy (non-hydrogen) atoms. The maximum absolute atomic E-state index is 13.0. The molecule has 14 nitrogen and oxygen atoms in total. The van der Waals surface area contributed by atoms with Crippen molar-refractivity contribution in [1.29, 1.82) is 0 Å². The van der Waals surface area contributed by atoms with Gasteiger partial charge in [-0.15, -0.1) is 0 Å². The van der Waals surface area contributed by atoms with E-state index in [2.05, 4.69) is 141 Å². The van der Waals surface area contributed by atoms with E-state index < -0.39 is 86.7 Å². The maximum atomic E-state index is 13.0. The number of carbonyl (C=O) groups is 1. The van der Waals surface area contributed by atoms with Gasteiger partial charge in [0.05, 0.1) is 33.0 Å². The molecule has 7 N–H and O–H groups in total. The van der Waals surface area contributed by atoms with Crippen molar-refractivity contribution in [3.63, 3.8) is 0 Å². The van der Waals surface area contributed by atoms with Crippen molar-refractivity contribution >= 4 is 5.97 Å². The van der Waals surface area contributed by atoms with E-state index in [0.717, 1.165) is 83.5 Å². The van der Waals surface area contributed by atoms with Gasteiger partial charge in [-0.25, -0.2) is 0 Å². The summed E-state index contributed by atoms with van der Waals surface area (Å²) in [4.78, 5) is 13.0. The predicted octanol–water partition coefficient (Wildman–Crippen LogP) is 7.96. The standard InChI is InChI=1S/C57H88O14/c1-3-5-7-9-11-13-15-17-19-21-22-23-24-25-26-28-30-32-34-36-38-40-49(59)69-46(43-66-41-39-37-35-33-31-29-27-20-18-16-14-12-10-8-6-4-2)44-67-56-55(65)53(63)51(61)48(71-56)45-68-57-54(64)52(62)50(60)47(42-58)70-57/h5-8,11-14,17-20,22-23,25-26,29-32,35,37,46-48,50-58,60-65H,3-4,9-10,15-16,21,24,27-28,33-34,36,38-45H2,1-2H3/b7-5-,8-6-,13-11-,14-12-,19-17-,20-18-,23-22-,26-25-,31-29-,32-30-,37-35-. The molecule has 0 saturated carbocycles. The number of unbranched alkanes of at least 4 members (excludes halogenated alkanes) is 2. The number of esters is 1. The molecule has 0 aromatic rings. The van der Waals surface area contributed by atoms with Crippen molar-refractivity contribution in [3.8, 4) is 0 Å². The Kier molecular flexibility index (Phi) is 38.0. The van der Waals surface area contributed by atoms with E-state index in [4.69, 9.17) is 28.4 Å². The fourth-order valence-corrected chi connectivity index (χ4v) is 7.06. The van der Waals surface area contributed by atoms with Crippen LogP contribution in [0.3, 0.4) is 0 Å². The van der Waals surface area contributed by atoms with Gasteiger partial charge >= 0.3 is 5.97 Å². The first-order valence-electron chi connectivity index (χ1n) is 25.8. The minimum atomic E-state index is -1.74. The van der Waals surface area contributed by atoms with E-state index in [1.807, 2.05) is 6.08 Å². The summed E-state index contributed by atoms with van der Waals surface area (Å²) in [6.07, 6.45) is 43.9. The lowest BCUT2D eigenvalue weighted by molar-refractivity contribution is -0.332. The fraction of sp³-hybridized carbons (Fsp3) is 0.596. The third-order valence-corrected chi connectivity index (χ3v) is 11.2. The zero-order valence-electron chi connectivity index (χ0n) is 42.4. The van der Waals surface area contributed by atoms with Crippen molar-refractivity contribution in [2.24, 2.45) is 0 Å². The van der Waals surface area contributed by atoms with Crippen LogP contribution in [0.2, 0.25) is 0 Å². The van der Waals surface area contributed by atoms with E-state index in [0.29, 0.717) is 19.4 Å². The van der Waals surface area contributed by atoms with Gasteiger partial charge in [0.2, 0.25) is 0 Å². The molecule has 2 fully saturated rings. The number of hydrogen-bond donors (Lipinski definition) is 7. The number of aliphatic hydroxyl groups excluding tert-OH is 7. The number of rotatable bonds is 38. The normalized spacial score (nSPS) is 26.4. The van der Waals surface area contributed by atoms with Gasteiger partial charge in [0, 0.05) is 6.42 Å². The number of ether oxygens (including phenoxy) is 6. The van der Waals surface area contributed by atoms with E-state index in [1.54, 1.807) is 0 Å². The molecule has 0 radical (unpaired) electrons. The van der Waals surface area contributed by atoms with Crippen molar-refractivity contribution in [3.05, 3.63) is 134 Å². The highest BCUT2D eigenvalue weighted by atomic mass is 16.7. The largest absolute Gasteiger partial charge is 0.457 e. The number of allylic oxidation sites excluding steroid dienone is 21. The summed E-state index contributed by atoms with van der Waals surface area (Å²) in [6.45, 7) is 3.12. The highest BCUT2D eigenvalue weighted by Gasteiger charge is 2.47. The zero-order valence-corrected chi connectivity index (χ0v) is 42.4. The molecular formula is C57H88O14. The predicted molar refractivity (Wildman–Crippen MR) is 279 cm³/mol. The molecule has 2 heterocycles. The van der Waals surface area contributed by atoms with Crippen LogP contribution in [0.5, 0.6) is 0 Å². The first-order chi connectivity index (χ1) is 34.6. The molecule has 0 bridgehead atoms. The molecular weight excluding hydrogens is 909 g/mol. The average Bonchev–Trinajstić information content (AvgIpc) is 3.37. The Balaban J connectivity index is 1.83. The van der Waals surface area contributed by atoms with Crippen molar-refractivity contribution in [2.45, 2.75) is 184 Å². The van der Waals surface area contributed by atoms with Crippen molar-refractivity contribution in [1.82, 2.24) is 0 Å². The summed E-state index contributed by atoms with van der Waals surface area (Å²) < 4.78 is 34.1. The summed E-state index contributed by atoms with van der Waals surface area (Å²) in [7, 11) is 0. The second kappa shape index (κ2) is 42.6. The lowest BCUT2D eigenvalue weighted by Crippen LogP contribution is -2.61. The van der Waals surface area contributed by atoms with Crippen LogP contribution in [0.1, 0.15) is 117 Å². The van der Waals surface area contributed by atoms with Gasteiger partial charge in [0.25, 0.3) is 0 Å². The van der Waals surface area contributed by atoms with Gasteiger partial charge in [-0.05, 0) is 96.3 Å². The molecule has 400 valence electrons. The first kappa shape index (κ1) is 63.2. The van der Waals surface area contributed by atoms with Crippen LogP contribution in [0.25, 0.3) is 0 Å². The van der Waals surface area contributed by atoms with E-state index in [1.165, 1.54) is 0 Å². The highest BCUT2D eigenvalue weighted by Crippen LogP contribution is 2.26. The van der Waals surface area contributed by atoms with Crippen LogP contribution in [-0.2, 0) is 33.2 Å². The van der Waals surface area contributed by atoms with E-state index in [-0.39, 0.29) is 19.6 Å². The van der Waals surface area contributed by atoms with Crippen LogP contribution >= 0.6 is 0 Å². The van der Waals surface area contributed by atoms with Crippen LogP contribution in [0.15, 0.2) is 134 Å². The molecule has 0 aromatic carbocycles. The molecule has 11 atom stereocenters. The van der Waals surface area contributed by atoms with Gasteiger partial charge in [0.15, 0.2) is 12.6 Å². The minimum Gasteiger partial charge on any atom is -0.457 e. The van der Waals surface area contributed by atoms with Gasteiger partial charge in [-0.2, -0.15) is 0 Å². The minimum absolute atomic E-state index is 0.0212. The topological polar surface area (TPSA) is 214 Å². The van der Waals surface area contributed by atoms with Crippen LogP contribution in [0, 0.1) is 0 Å². The summed E-state index contributed by atoms with van der Waals surface area (Å²) in [6, 6.07) is 0. The van der Waals surface area contributed by atoms with Gasteiger partial charge < -0.3 is 64.2 Å². The number of aliphatic hydroxyl groups is 7. The van der Waals surface area contributed by atoms with Crippen molar-refractivity contribution in [2.75, 3.05) is 33.0 Å². The van der Waals surface area contributed by atoms with Crippen LogP contribution in [0.4, 0.5) is 0 Å². The number of carbonyl (C=O) groups excluding carboxylic acids is 1. The van der Waals surface area contributed by atoms with Crippen LogP contribution in [-0.4, -0.2) is 142 Å². The quantitative estimate of drug-likeness (QED) is 0.0178. The molecule has 14 heteroatoms. The Labute approximate surface area is 424 Å².